The summed E-state index contributed by atoms with van der Waals surface area (Å²) < 4.78 is 0. The number of hydrogen-bond acceptors (Lipinski definition) is 2. The Morgan fingerprint density at radius 2 is 2.06 bits per heavy atom. The third-order valence-electron chi connectivity index (χ3n) is 4.51. The van der Waals surface area contributed by atoms with Crippen LogP contribution in [0.25, 0.3) is 0 Å². The molecule has 1 saturated heterocycles. The normalized spacial score (nSPS) is 27.3. The standard InChI is InChI=1S/C14H26N2O/c1-11-6-4-5-9-16(11)14(17)10-15(3)12(2)13-7-8-13/h11-13H,4-10H2,1-3H3. The van der Waals surface area contributed by atoms with E-state index in [1.54, 1.807) is 0 Å². The minimum atomic E-state index is 0.326. The van der Waals surface area contributed by atoms with Gasteiger partial charge in [0.2, 0.25) is 5.91 Å². The Bertz CT molecular complexity index is 275. The molecule has 0 radical (unpaired) electrons. The molecule has 3 heteroatoms. The number of carbonyl (C=O) groups excluding carboxylic acids is 1. The number of likely N-dealkylation sites (tertiary alicyclic amines) is 1. The van der Waals surface area contributed by atoms with E-state index in [-0.39, 0.29) is 0 Å². The molecule has 0 aromatic rings. The van der Waals surface area contributed by atoms with Crippen LogP contribution in [0.1, 0.15) is 46.0 Å². The van der Waals surface area contributed by atoms with Gasteiger partial charge in [0, 0.05) is 18.6 Å². The topological polar surface area (TPSA) is 23.6 Å². The summed E-state index contributed by atoms with van der Waals surface area (Å²) in [5.41, 5.74) is 0. The van der Waals surface area contributed by atoms with Crippen LogP contribution in [0.4, 0.5) is 0 Å². The van der Waals surface area contributed by atoms with Crippen molar-refractivity contribution >= 4 is 5.91 Å². The van der Waals surface area contributed by atoms with E-state index in [9.17, 15) is 4.79 Å². The second-order valence-corrected chi connectivity index (χ2v) is 5.93. The van der Waals surface area contributed by atoms with Gasteiger partial charge >= 0.3 is 0 Å². The summed E-state index contributed by atoms with van der Waals surface area (Å²) in [5, 5.41) is 0. The monoisotopic (exact) mass is 238 g/mol. The molecule has 0 aromatic carbocycles. The van der Waals surface area contributed by atoms with Crippen molar-refractivity contribution in [2.45, 2.75) is 58.0 Å². The van der Waals surface area contributed by atoms with Crippen molar-refractivity contribution in [1.82, 2.24) is 9.80 Å². The molecule has 1 aliphatic heterocycles. The fourth-order valence-electron chi connectivity index (χ4n) is 2.86. The van der Waals surface area contributed by atoms with Crippen molar-refractivity contribution in [3.05, 3.63) is 0 Å². The molecule has 1 saturated carbocycles. The molecule has 1 aliphatic carbocycles. The van der Waals surface area contributed by atoms with E-state index in [0.717, 1.165) is 12.5 Å². The fourth-order valence-corrected chi connectivity index (χ4v) is 2.86. The van der Waals surface area contributed by atoms with Gasteiger partial charge in [-0.25, -0.2) is 0 Å². The lowest BCUT2D eigenvalue weighted by Crippen LogP contribution is -2.47. The quantitative estimate of drug-likeness (QED) is 0.749. The summed E-state index contributed by atoms with van der Waals surface area (Å²) in [6, 6.07) is 1.01. The molecule has 3 nitrogen and oxygen atoms in total. The maximum atomic E-state index is 12.3. The van der Waals surface area contributed by atoms with Crippen LogP contribution in [-0.2, 0) is 4.79 Å². The van der Waals surface area contributed by atoms with Gasteiger partial charge in [0.15, 0.2) is 0 Å². The zero-order chi connectivity index (χ0) is 12.4. The first kappa shape index (κ1) is 12.9. The van der Waals surface area contributed by atoms with Gasteiger partial charge in [0.05, 0.1) is 6.54 Å². The number of carbonyl (C=O) groups is 1. The molecule has 2 rings (SSSR count). The molecule has 2 aliphatic rings. The van der Waals surface area contributed by atoms with Crippen molar-refractivity contribution in [3.8, 4) is 0 Å². The number of hydrogen-bond donors (Lipinski definition) is 0. The number of nitrogens with zero attached hydrogens (tertiary/aromatic N) is 2. The zero-order valence-electron chi connectivity index (χ0n) is 11.5. The molecule has 0 spiro atoms. The number of likely N-dealkylation sites (N-methyl/N-ethyl adjacent to an activating group) is 1. The predicted molar refractivity (Wildman–Crippen MR) is 69.8 cm³/mol. The predicted octanol–water partition coefficient (Wildman–Crippen LogP) is 2.12. The summed E-state index contributed by atoms with van der Waals surface area (Å²) >= 11 is 0. The number of piperidine rings is 1. The van der Waals surface area contributed by atoms with E-state index >= 15 is 0 Å². The third kappa shape index (κ3) is 3.21. The van der Waals surface area contributed by atoms with Crippen LogP contribution in [-0.4, -0.2) is 47.9 Å². The smallest absolute Gasteiger partial charge is 0.236 e. The first-order valence-corrected chi connectivity index (χ1v) is 7.09. The van der Waals surface area contributed by atoms with Crippen LogP contribution < -0.4 is 0 Å². The third-order valence-corrected chi connectivity index (χ3v) is 4.51. The highest BCUT2D eigenvalue weighted by Gasteiger charge is 2.32. The summed E-state index contributed by atoms with van der Waals surface area (Å²) in [6.07, 6.45) is 6.32. The van der Waals surface area contributed by atoms with E-state index in [0.29, 0.717) is 24.5 Å². The summed E-state index contributed by atoms with van der Waals surface area (Å²) in [6.45, 7) is 6.00. The average molecular weight is 238 g/mol. The van der Waals surface area contributed by atoms with Crippen LogP contribution >= 0.6 is 0 Å². The van der Waals surface area contributed by atoms with Gasteiger partial charge in [0.1, 0.15) is 0 Å². The Kier molecular flexibility index (Phi) is 4.08. The molecule has 0 aromatic heterocycles. The highest BCUT2D eigenvalue weighted by atomic mass is 16.2. The Morgan fingerprint density at radius 1 is 1.35 bits per heavy atom. The molecule has 0 N–H and O–H groups in total. The maximum absolute atomic E-state index is 12.3. The van der Waals surface area contributed by atoms with Gasteiger partial charge in [-0.2, -0.15) is 0 Å². The van der Waals surface area contributed by atoms with Gasteiger partial charge in [-0.15, -0.1) is 0 Å². The van der Waals surface area contributed by atoms with Crippen LogP contribution in [0.2, 0.25) is 0 Å². The lowest BCUT2D eigenvalue weighted by atomic mass is 10.0. The Hall–Kier alpha value is -0.570. The van der Waals surface area contributed by atoms with E-state index < -0.39 is 0 Å². The zero-order valence-corrected chi connectivity index (χ0v) is 11.5. The lowest BCUT2D eigenvalue weighted by Gasteiger charge is -2.35. The summed E-state index contributed by atoms with van der Waals surface area (Å²) in [5.74, 6) is 1.17. The highest BCUT2D eigenvalue weighted by Crippen LogP contribution is 2.34. The van der Waals surface area contributed by atoms with Crippen molar-refractivity contribution in [3.63, 3.8) is 0 Å². The Morgan fingerprint density at radius 3 is 2.65 bits per heavy atom. The maximum Gasteiger partial charge on any atom is 0.236 e. The summed E-state index contributed by atoms with van der Waals surface area (Å²) in [4.78, 5) is 16.6. The van der Waals surface area contributed by atoms with Crippen molar-refractivity contribution in [2.75, 3.05) is 20.1 Å². The Labute approximate surface area is 105 Å². The van der Waals surface area contributed by atoms with Gasteiger partial charge in [-0.1, -0.05) is 0 Å². The van der Waals surface area contributed by atoms with Gasteiger partial charge in [-0.05, 0) is 58.9 Å². The molecule has 17 heavy (non-hydrogen) atoms. The summed E-state index contributed by atoms with van der Waals surface area (Å²) in [7, 11) is 2.09. The first-order valence-electron chi connectivity index (χ1n) is 7.09. The molecule has 2 atom stereocenters. The van der Waals surface area contributed by atoms with Crippen LogP contribution in [0.3, 0.4) is 0 Å². The van der Waals surface area contributed by atoms with E-state index in [1.807, 2.05) is 0 Å². The van der Waals surface area contributed by atoms with Crippen LogP contribution in [0, 0.1) is 5.92 Å². The second-order valence-electron chi connectivity index (χ2n) is 5.93. The number of rotatable bonds is 4. The van der Waals surface area contributed by atoms with E-state index in [2.05, 4.69) is 30.7 Å². The highest BCUT2D eigenvalue weighted by molar-refractivity contribution is 5.78. The molecular formula is C14H26N2O. The largest absolute Gasteiger partial charge is 0.339 e. The fraction of sp³-hybridized carbons (Fsp3) is 0.929. The van der Waals surface area contributed by atoms with Crippen molar-refractivity contribution in [2.24, 2.45) is 5.92 Å². The van der Waals surface area contributed by atoms with Crippen molar-refractivity contribution < 1.29 is 4.79 Å². The van der Waals surface area contributed by atoms with Gasteiger partial charge in [-0.3, -0.25) is 9.69 Å². The van der Waals surface area contributed by atoms with Gasteiger partial charge < -0.3 is 4.90 Å². The van der Waals surface area contributed by atoms with E-state index in [1.165, 1.54) is 32.1 Å². The SMILES string of the molecule is CC(C1CC1)N(C)CC(=O)N1CCCCC1C. The first-order chi connectivity index (χ1) is 8.09. The van der Waals surface area contributed by atoms with Crippen LogP contribution in [0.5, 0.6) is 0 Å². The Balaban J connectivity index is 1.82. The van der Waals surface area contributed by atoms with Gasteiger partial charge in [0.25, 0.3) is 0 Å². The molecule has 98 valence electrons. The molecule has 2 fully saturated rings. The average Bonchev–Trinajstić information content (AvgIpc) is 3.12. The second kappa shape index (κ2) is 5.38. The molecule has 1 amide bonds. The minimum Gasteiger partial charge on any atom is -0.339 e. The molecule has 0 bridgehead atoms. The number of amides is 1. The van der Waals surface area contributed by atoms with Crippen molar-refractivity contribution in [1.29, 1.82) is 0 Å². The van der Waals surface area contributed by atoms with Crippen LogP contribution in [0.15, 0.2) is 0 Å². The lowest BCUT2D eigenvalue weighted by molar-refractivity contribution is -0.135. The molecule has 2 unspecified atom stereocenters. The van der Waals surface area contributed by atoms with E-state index in [4.69, 9.17) is 0 Å². The molecule has 1 heterocycles. The minimum absolute atomic E-state index is 0.326. The molecular weight excluding hydrogens is 212 g/mol.